The van der Waals surface area contributed by atoms with Gasteiger partial charge in [0, 0.05) is 49.6 Å². The highest BCUT2D eigenvalue weighted by atomic mass is 32.1. The largest absolute Gasteiger partial charge is 0.350 e. The number of nitro groups is 1. The van der Waals surface area contributed by atoms with Gasteiger partial charge in [-0.2, -0.15) is 0 Å². The number of carbonyl (C=O) groups excluding carboxylic acids is 2. The van der Waals surface area contributed by atoms with E-state index in [-0.39, 0.29) is 36.2 Å². The number of rotatable bonds is 8. The topological polar surface area (TPSA) is 105 Å². The molecule has 0 spiro atoms. The van der Waals surface area contributed by atoms with Crippen LogP contribution in [0.1, 0.15) is 22.5 Å². The van der Waals surface area contributed by atoms with E-state index in [0.29, 0.717) is 17.1 Å². The van der Waals surface area contributed by atoms with Crippen LogP contribution in [0.15, 0.2) is 60.0 Å². The molecule has 0 saturated carbocycles. The van der Waals surface area contributed by atoms with Gasteiger partial charge in [0.15, 0.2) is 0 Å². The molecule has 1 aromatic heterocycles. The first-order chi connectivity index (χ1) is 14.4. The quantitative estimate of drug-likeness (QED) is 0.440. The molecule has 154 valence electrons. The van der Waals surface area contributed by atoms with E-state index in [2.05, 4.69) is 10.3 Å². The van der Waals surface area contributed by atoms with Crippen molar-refractivity contribution >= 4 is 28.8 Å². The van der Waals surface area contributed by atoms with Crippen LogP contribution in [0.2, 0.25) is 0 Å². The normalized spacial score (nSPS) is 10.4. The maximum absolute atomic E-state index is 12.3. The number of thiazole rings is 1. The number of non-ortho nitro benzene ring substituents is 1. The second kappa shape index (κ2) is 9.75. The minimum absolute atomic E-state index is 0.00447. The number of aromatic nitrogens is 1. The Labute approximate surface area is 177 Å². The van der Waals surface area contributed by atoms with Crippen molar-refractivity contribution in [2.24, 2.45) is 0 Å². The molecule has 9 heteroatoms. The van der Waals surface area contributed by atoms with Crippen molar-refractivity contribution in [3.05, 3.63) is 81.3 Å². The summed E-state index contributed by atoms with van der Waals surface area (Å²) >= 11 is 1.27. The first-order valence-electron chi connectivity index (χ1n) is 9.20. The lowest BCUT2D eigenvalue weighted by Gasteiger charge is -2.17. The fourth-order valence-corrected chi connectivity index (χ4v) is 3.55. The van der Waals surface area contributed by atoms with Crippen molar-refractivity contribution in [3.63, 3.8) is 0 Å². The van der Waals surface area contributed by atoms with Gasteiger partial charge in [-0.15, -0.1) is 11.3 Å². The predicted octanol–water partition coefficient (Wildman–Crippen LogP) is 3.50. The summed E-state index contributed by atoms with van der Waals surface area (Å²) in [4.78, 5) is 40.7. The molecule has 2 aromatic carbocycles. The van der Waals surface area contributed by atoms with Gasteiger partial charge in [-0.3, -0.25) is 19.7 Å². The monoisotopic (exact) mass is 424 g/mol. The fraction of sp³-hybridized carbons (Fsp3) is 0.190. The second-order valence-corrected chi connectivity index (χ2v) is 7.44. The van der Waals surface area contributed by atoms with Gasteiger partial charge in [0.25, 0.3) is 11.6 Å². The number of hydrogen-bond donors (Lipinski definition) is 1. The van der Waals surface area contributed by atoms with Crippen LogP contribution in [-0.4, -0.2) is 40.2 Å². The first kappa shape index (κ1) is 21.1. The van der Waals surface area contributed by atoms with Crippen molar-refractivity contribution in [1.82, 2.24) is 15.2 Å². The summed E-state index contributed by atoms with van der Waals surface area (Å²) in [6.45, 7) is 0.722. The highest BCUT2D eigenvalue weighted by molar-refractivity contribution is 7.13. The molecule has 1 N–H and O–H groups in total. The number of nitrogens with one attached hydrogen (secondary N) is 1. The van der Waals surface area contributed by atoms with E-state index in [4.69, 9.17) is 0 Å². The SMILES string of the molecule is CN(Cc1ccccc1)C(=O)CCNC(=O)c1csc(-c2ccc([N+](=O)[O-])cc2)n1. The van der Waals surface area contributed by atoms with Crippen LogP contribution in [0.3, 0.4) is 0 Å². The molecule has 0 fully saturated rings. The number of hydrogen-bond acceptors (Lipinski definition) is 6. The third kappa shape index (κ3) is 5.48. The van der Waals surface area contributed by atoms with Gasteiger partial charge in [0.1, 0.15) is 10.7 Å². The summed E-state index contributed by atoms with van der Waals surface area (Å²) in [5, 5.41) is 15.7. The van der Waals surface area contributed by atoms with Gasteiger partial charge in [0.2, 0.25) is 5.91 Å². The van der Waals surface area contributed by atoms with Crippen molar-refractivity contribution < 1.29 is 14.5 Å². The molecule has 3 rings (SSSR count). The molecule has 0 radical (unpaired) electrons. The Balaban J connectivity index is 1.49. The zero-order chi connectivity index (χ0) is 21.5. The Hall–Kier alpha value is -3.59. The number of nitrogens with zero attached hydrogens (tertiary/aromatic N) is 3. The maximum atomic E-state index is 12.3. The Morgan fingerprint density at radius 3 is 2.50 bits per heavy atom. The smallest absolute Gasteiger partial charge is 0.270 e. The maximum Gasteiger partial charge on any atom is 0.270 e. The predicted molar refractivity (Wildman–Crippen MR) is 114 cm³/mol. The third-order valence-corrected chi connectivity index (χ3v) is 5.27. The van der Waals surface area contributed by atoms with E-state index in [1.54, 1.807) is 29.5 Å². The van der Waals surface area contributed by atoms with Gasteiger partial charge in [-0.25, -0.2) is 4.98 Å². The molecule has 3 aromatic rings. The Bertz CT molecular complexity index is 1030. The van der Waals surface area contributed by atoms with Crippen LogP contribution in [0.25, 0.3) is 10.6 Å². The van der Waals surface area contributed by atoms with Crippen LogP contribution in [0.5, 0.6) is 0 Å². The van der Waals surface area contributed by atoms with Gasteiger partial charge >= 0.3 is 0 Å². The molecule has 1 heterocycles. The number of carbonyl (C=O) groups is 2. The summed E-state index contributed by atoms with van der Waals surface area (Å²) in [6.07, 6.45) is 0.189. The number of nitro benzene ring substituents is 1. The van der Waals surface area contributed by atoms with Crippen LogP contribution < -0.4 is 5.32 Å². The first-order valence-corrected chi connectivity index (χ1v) is 10.1. The van der Waals surface area contributed by atoms with Crippen molar-refractivity contribution in [2.75, 3.05) is 13.6 Å². The molecule has 0 aliphatic heterocycles. The van der Waals surface area contributed by atoms with Gasteiger partial charge in [-0.1, -0.05) is 30.3 Å². The molecular weight excluding hydrogens is 404 g/mol. The summed E-state index contributed by atoms with van der Waals surface area (Å²) in [7, 11) is 1.73. The van der Waals surface area contributed by atoms with E-state index in [0.717, 1.165) is 5.56 Å². The zero-order valence-electron chi connectivity index (χ0n) is 16.3. The number of amides is 2. The molecule has 0 bridgehead atoms. The van der Waals surface area contributed by atoms with E-state index in [1.807, 2.05) is 30.3 Å². The zero-order valence-corrected chi connectivity index (χ0v) is 17.1. The average molecular weight is 424 g/mol. The van der Waals surface area contributed by atoms with Gasteiger partial charge < -0.3 is 10.2 Å². The Morgan fingerprint density at radius 2 is 1.83 bits per heavy atom. The summed E-state index contributed by atoms with van der Waals surface area (Å²) in [5.41, 5.74) is 1.98. The fourth-order valence-electron chi connectivity index (χ4n) is 2.75. The molecular formula is C21H20N4O4S. The molecule has 0 saturated heterocycles. The van der Waals surface area contributed by atoms with Gasteiger partial charge in [-0.05, 0) is 17.7 Å². The molecule has 2 amide bonds. The highest BCUT2D eigenvalue weighted by Crippen LogP contribution is 2.25. The Kier molecular flexibility index (Phi) is 6.87. The lowest BCUT2D eigenvalue weighted by atomic mass is 10.2. The van der Waals surface area contributed by atoms with Crippen LogP contribution in [-0.2, 0) is 11.3 Å². The van der Waals surface area contributed by atoms with E-state index in [1.165, 1.54) is 23.5 Å². The van der Waals surface area contributed by atoms with Crippen molar-refractivity contribution in [2.45, 2.75) is 13.0 Å². The average Bonchev–Trinajstić information content (AvgIpc) is 3.24. The lowest BCUT2D eigenvalue weighted by Crippen LogP contribution is -2.32. The van der Waals surface area contributed by atoms with Crippen molar-refractivity contribution in [1.29, 1.82) is 0 Å². The van der Waals surface area contributed by atoms with Crippen LogP contribution >= 0.6 is 11.3 Å². The summed E-state index contributed by atoms with van der Waals surface area (Å²) in [6, 6.07) is 15.7. The van der Waals surface area contributed by atoms with E-state index in [9.17, 15) is 19.7 Å². The lowest BCUT2D eigenvalue weighted by molar-refractivity contribution is -0.384. The minimum atomic E-state index is -0.469. The molecule has 0 atom stereocenters. The van der Waals surface area contributed by atoms with Crippen LogP contribution in [0, 0.1) is 10.1 Å². The summed E-state index contributed by atoms with van der Waals surface area (Å²) in [5.74, 6) is -0.429. The summed E-state index contributed by atoms with van der Waals surface area (Å²) < 4.78 is 0. The Morgan fingerprint density at radius 1 is 1.13 bits per heavy atom. The van der Waals surface area contributed by atoms with Crippen molar-refractivity contribution in [3.8, 4) is 10.6 Å². The molecule has 30 heavy (non-hydrogen) atoms. The minimum Gasteiger partial charge on any atom is -0.350 e. The van der Waals surface area contributed by atoms with E-state index >= 15 is 0 Å². The second-order valence-electron chi connectivity index (χ2n) is 6.58. The van der Waals surface area contributed by atoms with Crippen LogP contribution in [0.4, 0.5) is 5.69 Å². The molecule has 8 nitrogen and oxygen atoms in total. The molecule has 0 unspecified atom stereocenters. The molecule has 0 aliphatic rings. The standard InChI is InChI=1S/C21H20N4O4S/c1-24(13-15-5-3-2-4-6-15)19(26)11-12-22-20(27)18-14-30-21(23-18)16-7-9-17(10-8-16)25(28)29/h2-10,14H,11-13H2,1H3,(H,22,27). The highest BCUT2D eigenvalue weighted by Gasteiger charge is 2.14. The van der Waals surface area contributed by atoms with E-state index < -0.39 is 4.92 Å². The number of benzene rings is 2. The third-order valence-electron chi connectivity index (χ3n) is 4.37. The molecule has 0 aliphatic carbocycles. The van der Waals surface area contributed by atoms with Gasteiger partial charge in [0.05, 0.1) is 4.92 Å².